The summed E-state index contributed by atoms with van der Waals surface area (Å²) in [4.78, 5) is 14.1. The van der Waals surface area contributed by atoms with Gasteiger partial charge in [-0.25, -0.2) is 5.32 Å². The molecule has 0 unspecified atom stereocenters. The number of hydrogen-bond acceptors (Lipinski definition) is 4. The number of halogens is 5. The molecule has 0 aliphatic carbocycles. The quantitative estimate of drug-likeness (QED) is 0.511. The molecule has 1 fully saturated rings. The number of hydrogen-bond donors (Lipinski definition) is 2. The molecule has 1 aromatic rings. The van der Waals surface area contributed by atoms with Gasteiger partial charge < -0.3 is 15.0 Å². The number of carbonyl (C=O) groups is 1. The molecule has 2 rings (SSSR count). The molecule has 1 heterocycles. The summed E-state index contributed by atoms with van der Waals surface area (Å²) in [6, 6.07) is 5.43. The maximum atomic E-state index is 12.8. The topological polar surface area (TPSA) is 53.6 Å². The van der Waals surface area contributed by atoms with Crippen molar-refractivity contribution in [3.8, 4) is 5.75 Å². The van der Waals surface area contributed by atoms with Gasteiger partial charge in [0.05, 0.1) is 0 Å². The zero-order valence-electron chi connectivity index (χ0n) is 15.5. The van der Waals surface area contributed by atoms with Gasteiger partial charge in [0, 0.05) is 32.1 Å². The smallest absolute Gasteiger partial charge is 0.433 e. The highest BCUT2D eigenvalue weighted by Crippen LogP contribution is 2.21. The van der Waals surface area contributed by atoms with Gasteiger partial charge >= 0.3 is 12.4 Å². The number of piperidine rings is 1. The highest BCUT2D eigenvalue weighted by Gasteiger charge is 2.27. The summed E-state index contributed by atoms with van der Waals surface area (Å²) in [5.41, 5.74) is 0.336. The monoisotopic (exact) mass is 409 g/mol. The maximum Gasteiger partial charge on any atom is 0.457 e. The number of rotatable bonds is 8. The summed E-state index contributed by atoms with van der Waals surface area (Å²) < 4.78 is 66.2. The normalized spacial score (nSPS) is 16.8. The number of benzene rings is 1. The first-order valence-electron chi connectivity index (χ1n) is 9.01. The standard InChI is InChI=1S/C18H24F5N3O2/c1-17(19,20)28-15-4-2-14(3-5-15)16(27)24-12-13-6-9-26(10-7-13)11-8-25-18(21,22)23/h2-5,13,25H,6-12H2,1H3,(H,24,27). The first-order chi connectivity index (χ1) is 13.0. The van der Waals surface area contributed by atoms with Crippen molar-refractivity contribution in [3.63, 3.8) is 0 Å². The van der Waals surface area contributed by atoms with E-state index >= 15 is 0 Å². The van der Waals surface area contributed by atoms with Crippen LogP contribution in [0.2, 0.25) is 0 Å². The van der Waals surface area contributed by atoms with E-state index in [1.165, 1.54) is 29.6 Å². The zero-order valence-corrected chi connectivity index (χ0v) is 15.5. The van der Waals surface area contributed by atoms with Gasteiger partial charge in [-0.05, 0) is 56.1 Å². The molecule has 0 radical (unpaired) electrons. The van der Waals surface area contributed by atoms with Crippen LogP contribution < -0.4 is 15.4 Å². The van der Waals surface area contributed by atoms with Crippen molar-refractivity contribution in [1.82, 2.24) is 15.5 Å². The van der Waals surface area contributed by atoms with Gasteiger partial charge in [-0.2, -0.15) is 22.0 Å². The molecule has 0 saturated carbocycles. The SMILES string of the molecule is CC(F)(F)Oc1ccc(C(=O)NCC2CCN(CCNC(F)(F)F)CC2)cc1. The Hall–Kier alpha value is -1.94. The maximum absolute atomic E-state index is 12.8. The first-order valence-corrected chi connectivity index (χ1v) is 9.01. The van der Waals surface area contributed by atoms with Gasteiger partial charge in [0.25, 0.3) is 5.91 Å². The summed E-state index contributed by atoms with van der Waals surface area (Å²) in [5.74, 6) is -0.0970. The van der Waals surface area contributed by atoms with E-state index in [-0.39, 0.29) is 24.1 Å². The Morgan fingerprint density at radius 3 is 2.29 bits per heavy atom. The van der Waals surface area contributed by atoms with Crippen molar-refractivity contribution >= 4 is 5.91 Å². The van der Waals surface area contributed by atoms with E-state index in [9.17, 15) is 26.7 Å². The van der Waals surface area contributed by atoms with E-state index in [0.717, 1.165) is 12.8 Å². The highest BCUT2D eigenvalue weighted by atomic mass is 19.4. The molecule has 0 aromatic heterocycles. The predicted octanol–water partition coefficient (Wildman–Crippen LogP) is 3.23. The van der Waals surface area contributed by atoms with E-state index in [2.05, 4.69) is 10.1 Å². The van der Waals surface area contributed by atoms with Crippen molar-refractivity contribution in [2.75, 3.05) is 32.7 Å². The van der Waals surface area contributed by atoms with Gasteiger partial charge in [-0.15, -0.1) is 0 Å². The minimum atomic E-state index is -4.36. The van der Waals surface area contributed by atoms with Crippen LogP contribution in [-0.2, 0) is 0 Å². The Morgan fingerprint density at radius 1 is 1.14 bits per heavy atom. The molecule has 5 nitrogen and oxygen atoms in total. The van der Waals surface area contributed by atoms with Crippen LogP contribution in [-0.4, -0.2) is 55.9 Å². The Kier molecular flexibility index (Phi) is 7.59. The molecular weight excluding hydrogens is 385 g/mol. The molecule has 1 aliphatic heterocycles. The van der Waals surface area contributed by atoms with E-state index in [4.69, 9.17) is 0 Å². The van der Waals surface area contributed by atoms with Gasteiger partial charge in [-0.1, -0.05) is 0 Å². The van der Waals surface area contributed by atoms with Crippen molar-refractivity contribution in [2.45, 2.75) is 32.2 Å². The molecule has 2 N–H and O–H groups in total. The minimum absolute atomic E-state index is 0.0311. The summed E-state index contributed by atoms with van der Waals surface area (Å²) in [6.07, 6.45) is -6.08. The van der Waals surface area contributed by atoms with E-state index in [1.807, 2.05) is 4.90 Å². The van der Waals surface area contributed by atoms with Crippen molar-refractivity contribution in [1.29, 1.82) is 0 Å². The average Bonchev–Trinajstić information content (AvgIpc) is 2.59. The summed E-state index contributed by atoms with van der Waals surface area (Å²) >= 11 is 0. The van der Waals surface area contributed by atoms with Gasteiger partial charge in [0.15, 0.2) is 0 Å². The molecule has 158 valence electrons. The number of carbonyl (C=O) groups excluding carboxylic acids is 1. The van der Waals surface area contributed by atoms with Crippen LogP contribution in [0.4, 0.5) is 22.0 Å². The molecule has 28 heavy (non-hydrogen) atoms. The lowest BCUT2D eigenvalue weighted by Gasteiger charge is -2.32. The molecule has 1 aliphatic rings. The summed E-state index contributed by atoms with van der Waals surface area (Å²) in [6.45, 7) is 2.62. The molecule has 0 bridgehead atoms. The first kappa shape index (κ1) is 22.4. The third-order valence-corrected chi connectivity index (χ3v) is 4.43. The second kappa shape index (κ2) is 9.51. The lowest BCUT2D eigenvalue weighted by molar-refractivity contribution is -0.159. The fourth-order valence-electron chi connectivity index (χ4n) is 2.99. The Bertz CT molecular complexity index is 624. The number of amides is 1. The fraction of sp³-hybridized carbons (Fsp3) is 0.611. The Labute approximate surface area is 160 Å². The van der Waals surface area contributed by atoms with Crippen molar-refractivity contribution in [3.05, 3.63) is 29.8 Å². The fourth-order valence-corrected chi connectivity index (χ4v) is 2.99. The minimum Gasteiger partial charge on any atom is -0.433 e. The van der Waals surface area contributed by atoms with E-state index in [0.29, 0.717) is 38.7 Å². The van der Waals surface area contributed by atoms with Gasteiger partial charge in [-0.3, -0.25) is 4.79 Å². The van der Waals surface area contributed by atoms with Crippen molar-refractivity contribution in [2.24, 2.45) is 5.92 Å². The van der Waals surface area contributed by atoms with Crippen LogP contribution in [0.1, 0.15) is 30.1 Å². The number of ether oxygens (including phenoxy) is 1. The largest absolute Gasteiger partial charge is 0.457 e. The zero-order chi connectivity index (χ0) is 20.8. The van der Waals surface area contributed by atoms with Gasteiger partial charge in [0.1, 0.15) is 5.75 Å². The molecule has 1 saturated heterocycles. The molecule has 1 amide bonds. The predicted molar refractivity (Wildman–Crippen MR) is 93.2 cm³/mol. The lowest BCUT2D eigenvalue weighted by atomic mass is 9.96. The van der Waals surface area contributed by atoms with Crippen LogP contribution in [0.15, 0.2) is 24.3 Å². The van der Waals surface area contributed by atoms with Crippen molar-refractivity contribution < 1.29 is 31.5 Å². The number of nitrogens with zero attached hydrogens (tertiary/aromatic N) is 1. The number of nitrogens with one attached hydrogen (secondary N) is 2. The summed E-state index contributed by atoms with van der Waals surface area (Å²) in [7, 11) is 0. The van der Waals surface area contributed by atoms with Crippen LogP contribution in [0.3, 0.4) is 0 Å². The van der Waals surface area contributed by atoms with E-state index in [1.54, 1.807) is 0 Å². The lowest BCUT2D eigenvalue weighted by Crippen LogP contribution is -2.43. The Balaban J connectivity index is 1.68. The third kappa shape index (κ3) is 8.39. The second-order valence-electron chi connectivity index (χ2n) is 6.85. The Morgan fingerprint density at radius 2 is 1.75 bits per heavy atom. The van der Waals surface area contributed by atoms with Crippen LogP contribution in [0.5, 0.6) is 5.75 Å². The molecule has 0 atom stereocenters. The van der Waals surface area contributed by atoms with Crippen LogP contribution >= 0.6 is 0 Å². The molecule has 1 aromatic carbocycles. The van der Waals surface area contributed by atoms with E-state index < -0.39 is 12.4 Å². The molecular formula is C18H24F5N3O2. The number of likely N-dealkylation sites (tertiary alicyclic amines) is 1. The molecule has 0 spiro atoms. The number of alkyl halides is 5. The highest BCUT2D eigenvalue weighted by molar-refractivity contribution is 5.94. The van der Waals surface area contributed by atoms with Gasteiger partial charge in [0.2, 0.25) is 0 Å². The van der Waals surface area contributed by atoms with Crippen LogP contribution in [0, 0.1) is 5.92 Å². The third-order valence-electron chi connectivity index (χ3n) is 4.43. The average molecular weight is 409 g/mol. The second-order valence-corrected chi connectivity index (χ2v) is 6.85. The summed E-state index contributed by atoms with van der Waals surface area (Å²) in [5, 5.41) is 4.31. The molecule has 10 heteroatoms. The van der Waals surface area contributed by atoms with Crippen LogP contribution in [0.25, 0.3) is 0 Å².